The summed E-state index contributed by atoms with van der Waals surface area (Å²) in [6, 6.07) is 0. The van der Waals surface area contributed by atoms with Crippen LogP contribution in [0.15, 0.2) is 0 Å². The average molecular weight is 270 g/mol. The minimum atomic E-state index is -0.427. The van der Waals surface area contributed by atoms with Crippen molar-refractivity contribution in [3.05, 3.63) is 0 Å². The summed E-state index contributed by atoms with van der Waals surface area (Å²) in [5, 5.41) is 0. The molecule has 1 fully saturated rings. The molecule has 3 nitrogen and oxygen atoms in total. The summed E-state index contributed by atoms with van der Waals surface area (Å²) in [6.07, 6.45) is 3.96. The fraction of sp³-hybridized carbons (Fsp3) is 0.938. The maximum absolute atomic E-state index is 12.6. The highest BCUT2D eigenvalue weighted by atomic mass is 16.5. The quantitative estimate of drug-likeness (QED) is 0.660. The van der Waals surface area contributed by atoms with Crippen LogP contribution in [0.25, 0.3) is 0 Å². The van der Waals surface area contributed by atoms with Gasteiger partial charge < -0.3 is 9.47 Å². The minimum absolute atomic E-state index is 0.0344. The molecule has 0 heterocycles. The predicted molar refractivity (Wildman–Crippen MR) is 77.0 cm³/mol. The predicted octanol–water partition coefficient (Wildman–Crippen LogP) is 3.81. The number of carbonyl (C=O) groups is 1. The normalized spacial score (nSPS) is 27.2. The van der Waals surface area contributed by atoms with Gasteiger partial charge in [-0.25, -0.2) is 0 Å². The Kier molecular flexibility index (Phi) is 6.31. The molecule has 0 radical (unpaired) electrons. The molecule has 0 saturated heterocycles. The summed E-state index contributed by atoms with van der Waals surface area (Å²) in [4.78, 5) is 12.6. The summed E-state index contributed by atoms with van der Waals surface area (Å²) in [5.74, 6) is 0.593. The number of hydrogen-bond acceptors (Lipinski definition) is 3. The molecule has 0 aliphatic heterocycles. The summed E-state index contributed by atoms with van der Waals surface area (Å²) in [5.41, 5.74) is -0.427. The first-order valence-corrected chi connectivity index (χ1v) is 7.74. The molecule has 2 unspecified atom stereocenters. The van der Waals surface area contributed by atoms with E-state index in [4.69, 9.17) is 9.47 Å². The van der Waals surface area contributed by atoms with Crippen LogP contribution in [0.3, 0.4) is 0 Å². The van der Waals surface area contributed by atoms with E-state index >= 15 is 0 Å². The van der Waals surface area contributed by atoms with Crippen LogP contribution >= 0.6 is 0 Å². The van der Waals surface area contributed by atoms with Gasteiger partial charge in [0.25, 0.3) is 0 Å². The molecule has 1 aliphatic carbocycles. The number of hydrogen-bond donors (Lipinski definition) is 0. The second-order valence-corrected chi connectivity index (χ2v) is 6.44. The monoisotopic (exact) mass is 270 g/mol. The molecular weight excluding hydrogens is 240 g/mol. The van der Waals surface area contributed by atoms with Gasteiger partial charge in [-0.3, -0.25) is 4.79 Å². The first-order chi connectivity index (χ1) is 8.95. The van der Waals surface area contributed by atoms with E-state index in [2.05, 4.69) is 34.6 Å². The van der Waals surface area contributed by atoms with E-state index < -0.39 is 5.41 Å². The van der Waals surface area contributed by atoms with Gasteiger partial charge in [0.1, 0.15) is 0 Å². The second-order valence-electron chi connectivity index (χ2n) is 6.44. The third kappa shape index (κ3) is 3.71. The van der Waals surface area contributed by atoms with Crippen molar-refractivity contribution in [2.75, 3.05) is 13.2 Å². The smallest absolute Gasteiger partial charge is 0.314 e. The molecular formula is C16H30O3. The Bertz CT molecular complexity index is 286. The number of carbonyl (C=O) groups excluding carboxylic acids is 1. The van der Waals surface area contributed by atoms with Gasteiger partial charge in [-0.05, 0) is 37.5 Å². The lowest BCUT2D eigenvalue weighted by Gasteiger charge is -2.36. The van der Waals surface area contributed by atoms with Gasteiger partial charge in [0.05, 0.1) is 18.1 Å². The average Bonchev–Trinajstić information content (AvgIpc) is 2.78. The Morgan fingerprint density at radius 3 is 2.53 bits per heavy atom. The fourth-order valence-electron chi connectivity index (χ4n) is 3.00. The molecule has 0 aromatic rings. The molecule has 2 atom stereocenters. The summed E-state index contributed by atoms with van der Waals surface area (Å²) < 4.78 is 11.5. The van der Waals surface area contributed by atoms with E-state index in [1.807, 2.05) is 0 Å². The minimum Gasteiger partial charge on any atom is -0.465 e. The van der Waals surface area contributed by atoms with E-state index in [1.165, 1.54) is 0 Å². The molecule has 1 saturated carbocycles. The van der Waals surface area contributed by atoms with E-state index in [0.717, 1.165) is 32.3 Å². The Balaban J connectivity index is 2.80. The molecule has 1 rings (SSSR count). The maximum Gasteiger partial charge on any atom is 0.314 e. The fourth-order valence-corrected chi connectivity index (χ4v) is 3.00. The van der Waals surface area contributed by atoms with Crippen molar-refractivity contribution in [2.24, 2.45) is 17.3 Å². The topological polar surface area (TPSA) is 35.5 Å². The van der Waals surface area contributed by atoms with Crippen LogP contribution in [-0.4, -0.2) is 25.3 Å². The van der Waals surface area contributed by atoms with E-state index in [0.29, 0.717) is 12.5 Å². The van der Waals surface area contributed by atoms with Crippen molar-refractivity contribution in [1.29, 1.82) is 0 Å². The van der Waals surface area contributed by atoms with Crippen LogP contribution in [0.5, 0.6) is 0 Å². The molecule has 19 heavy (non-hydrogen) atoms. The third-order valence-electron chi connectivity index (χ3n) is 4.11. The first-order valence-electron chi connectivity index (χ1n) is 7.74. The lowest BCUT2D eigenvalue weighted by molar-refractivity contribution is -0.170. The Labute approximate surface area is 118 Å². The molecule has 0 amide bonds. The van der Waals surface area contributed by atoms with Gasteiger partial charge in [0.15, 0.2) is 0 Å². The lowest BCUT2D eigenvalue weighted by atomic mass is 9.74. The largest absolute Gasteiger partial charge is 0.465 e. The van der Waals surface area contributed by atoms with Crippen molar-refractivity contribution in [2.45, 2.75) is 66.4 Å². The Hall–Kier alpha value is -0.570. The van der Waals surface area contributed by atoms with Crippen molar-refractivity contribution in [3.63, 3.8) is 0 Å². The molecule has 0 N–H and O–H groups in total. The zero-order valence-corrected chi connectivity index (χ0v) is 13.2. The zero-order chi connectivity index (χ0) is 14.5. The van der Waals surface area contributed by atoms with Gasteiger partial charge in [0.2, 0.25) is 0 Å². The van der Waals surface area contributed by atoms with Crippen molar-refractivity contribution in [1.82, 2.24) is 0 Å². The second kappa shape index (κ2) is 7.28. The van der Waals surface area contributed by atoms with Crippen LogP contribution in [0.1, 0.15) is 60.3 Å². The van der Waals surface area contributed by atoms with Gasteiger partial charge in [-0.1, -0.05) is 34.6 Å². The Morgan fingerprint density at radius 2 is 2.00 bits per heavy atom. The Morgan fingerprint density at radius 1 is 1.32 bits per heavy atom. The first kappa shape index (κ1) is 16.5. The van der Waals surface area contributed by atoms with E-state index in [-0.39, 0.29) is 18.0 Å². The van der Waals surface area contributed by atoms with Gasteiger partial charge in [-0.2, -0.15) is 0 Å². The molecule has 1 aliphatic rings. The third-order valence-corrected chi connectivity index (χ3v) is 4.11. The standard InChI is InChI=1S/C16H30O3/c1-6-10-18-14-8-7-9-16(14,13(4)5)15(17)19-11-12(2)3/h12-14H,6-11H2,1-5H3. The van der Waals surface area contributed by atoms with Gasteiger partial charge >= 0.3 is 5.97 Å². The zero-order valence-electron chi connectivity index (χ0n) is 13.2. The molecule has 3 heteroatoms. The molecule has 112 valence electrons. The number of rotatable bonds is 7. The number of ether oxygens (including phenoxy) is 2. The van der Waals surface area contributed by atoms with Crippen molar-refractivity contribution >= 4 is 5.97 Å². The van der Waals surface area contributed by atoms with E-state index in [9.17, 15) is 4.79 Å². The van der Waals surface area contributed by atoms with Crippen LogP contribution in [-0.2, 0) is 14.3 Å². The van der Waals surface area contributed by atoms with Crippen LogP contribution in [0.4, 0.5) is 0 Å². The molecule has 0 aromatic heterocycles. The SMILES string of the molecule is CCCOC1CCCC1(C(=O)OCC(C)C)C(C)C. The number of esters is 1. The van der Waals surface area contributed by atoms with Crippen LogP contribution in [0, 0.1) is 17.3 Å². The highest BCUT2D eigenvalue weighted by molar-refractivity contribution is 5.78. The summed E-state index contributed by atoms with van der Waals surface area (Å²) in [6.45, 7) is 11.7. The maximum atomic E-state index is 12.6. The van der Waals surface area contributed by atoms with Crippen LogP contribution < -0.4 is 0 Å². The van der Waals surface area contributed by atoms with Gasteiger partial charge in [-0.15, -0.1) is 0 Å². The van der Waals surface area contributed by atoms with Crippen LogP contribution in [0.2, 0.25) is 0 Å². The summed E-state index contributed by atoms with van der Waals surface area (Å²) in [7, 11) is 0. The molecule has 0 bridgehead atoms. The molecule has 0 aromatic carbocycles. The molecule has 0 spiro atoms. The van der Waals surface area contributed by atoms with E-state index in [1.54, 1.807) is 0 Å². The van der Waals surface area contributed by atoms with Gasteiger partial charge in [0, 0.05) is 6.61 Å². The van der Waals surface area contributed by atoms with Crippen molar-refractivity contribution < 1.29 is 14.3 Å². The summed E-state index contributed by atoms with van der Waals surface area (Å²) >= 11 is 0. The highest BCUT2D eigenvalue weighted by Gasteiger charge is 2.53. The lowest BCUT2D eigenvalue weighted by Crippen LogP contribution is -2.45. The highest BCUT2D eigenvalue weighted by Crippen LogP contribution is 2.47. The van der Waals surface area contributed by atoms with Crippen molar-refractivity contribution in [3.8, 4) is 0 Å².